The molecule has 2 N–H and O–H groups in total. The fourth-order valence-electron chi connectivity index (χ4n) is 1.59. The standard InChI is InChI=1S/C11H12ClN3O2S/c1-2-15-5-7(12)3-9(15)10(16)13-4-8-6-18-11(17)14-8/h3,5-6H,2,4H2,1H3,(H,13,16)(H,14,17). The number of hydrogen-bond donors (Lipinski definition) is 2. The summed E-state index contributed by atoms with van der Waals surface area (Å²) < 4.78 is 1.77. The number of nitrogens with zero attached hydrogens (tertiary/aromatic N) is 1. The maximum Gasteiger partial charge on any atom is 0.304 e. The molecule has 0 saturated heterocycles. The van der Waals surface area contributed by atoms with Gasteiger partial charge in [0.1, 0.15) is 5.69 Å². The highest BCUT2D eigenvalue weighted by Crippen LogP contribution is 2.14. The summed E-state index contributed by atoms with van der Waals surface area (Å²) >= 11 is 6.94. The number of carbonyl (C=O) groups is 1. The fourth-order valence-corrected chi connectivity index (χ4v) is 2.40. The molecule has 0 aliphatic carbocycles. The molecule has 0 aliphatic heterocycles. The lowest BCUT2D eigenvalue weighted by molar-refractivity contribution is 0.0941. The van der Waals surface area contributed by atoms with Crippen molar-refractivity contribution in [3.8, 4) is 0 Å². The van der Waals surface area contributed by atoms with Gasteiger partial charge in [-0.2, -0.15) is 0 Å². The first-order chi connectivity index (χ1) is 8.60. The minimum Gasteiger partial charge on any atom is -0.345 e. The molecule has 0 radical (unpaired) electrons. The van der Waals surface area contributed by atoms with Crippen LogP contribution in [0.3, 0.4) is 0 Å². The first-order valence-corrected chi connectivity index (χ1v) is 6.66. The highest BCUT2D eigenvalue weighted by molar-refractivity contribution is 7.07. The molecule has 0 fully saturated rings. The third kappa shape index (κ3) is 2.83. The van der Waals surface area contributed by atoms with E-state index < -0.39 is 0 Å². The highest BCUT2D eigenvalue weighted by atomic mass is 35.5. The summed E-state index contributed by atoms with van der Waals surface area (Å²) in [6, 6.07) is 1.62. The molecular weight excluding hydrogens is 274 g/mol. The Balaban J connectivity index is 2.05. The third-order valence-corrected chi connectivity index (χ3v) is 3.37. The van der Waals surface area contributed by atoms with E-state index in [4.69, 9.17) is 11.6 Å². The molecule has 0 aromatic carbocycles. The van der Waals surface area contributed by atoms with E-state index in [0.29, 0.717) is 29.5 Å². The fraction of sp³-hybridized carbons (Fsp3) is 0.273. The second-order valence-electron chi connectivity index (χ2n) is 3.69. The minimum absolute atomic E-state index is 0.126. The molecule has 2 rings (SSSR count). The molecule has 2 heterocycles. The molecule has 96 valence electrons. The zero-order valence-corrected chi connectivity index (χ0v) is 11.3. The Morgan fingerprint density at radius 2 is 2.39 bits per heavy atom. The molecule has 18 heavy (non-hydrogen) atoms. The average molecular weight is 286 g/mol. The molecule has 0 bridgehead atoms. The second kappa shape index (κ2) is 5.41. The van der Waals surface area contributed by atoms with Gasteiger partial charge < -0.3 is 14.9 Å². The van der Waals surface area contributed by atoms with Gasteiger partial charge in [-0.3, -0.25) is 9.59 Å². The summed E-state index contributed by atoms with van der Waals surface area (Å²) in [5, 5.41) is 4.96. The van der Waals surface area contributed by atoms with Gasteiger partial charge in [0, 0.05) is 23.8 Å². The van der Waals surface area contributed by atoms with Gasteiger partial charge in [0.15, 0.2) is 0 Å². The molecule has 2 aromatic heterocycles. The second-order valence-corrected chi connectivity index (χ2v) is 4.96. The van der Waals surface area contributed by atoms with Crippen LogP contribution >= 0.6 is 22.9 Å². The topological polar surface area (TPSA) is 66.9 Å². The minimum atomic E-state index is -0.212. The van der Waals surface area contributed by atoms with Gasteiger partial charge in [-0.25, -0.2) is 0 Å². The normalized spacial score (nSPS) is 10.6. The van der Waals surface area contributed by atoms with Crippen LogP contribution in [0.5, 0.6) is 0 Å². The van der Waals surface area contributed by atoms with Gasteiger partial charge in [-0.15, -0.1) is 0 Å². The van der Waals surface area contributed by atoms with Crippen LogP contribution in [0.15, 0.2) is 22.4 Å². The Hall–Kier alpha value is -1.53. The predicted molar refractivity (Wildman–Crippen MR) is 71.2 cm³/mol. The number of rotatable bonds is 4. The molecular formula is C11H12ClN3O2S. The number of aromatic nitrogens is 2. The van der Waals surface area contributed by atoms with Gasteiger partial charge in [0.25, 0.3) is 5.91 Å². The number of aromatic amines is 1. The Labute approximate surface area is 112 Å². The van der Waals surface area contributed by atoms with E-state index in [-0.39, 0.29) is 10.8 Å². The van der Waals surface area contributed by atoms with Crippen molar-refractivity contribution < 1.29 is 4.79 Å². The van der Waals surface area contributed by atoms with Crippen LogP contribution in [0.1, 0.15) is 23.1 Å². The van der Waals surface area contributed by atoms with Crippen molar-refractivity contribution in [2.45, 2.75) is 20.0 Å². The number of nitrogens with one attached hydrogen (secondary N) is 2. The van der Waals surface area contributed by atoms with E-state index in [2.05, 4.69) is 10.3 Å². The SMILES string of the molecule is CCn1cc(Cl)cc1C(=O)NCc1csc(=O)[nH]1. The quantitative estimate of drug-likeness (QED) is 0.900. The molecule has 2 aromatic rings. The number of halogens is 1. The van der Waals surface area contributed by atoms with Crippen LogP contribution in [0.25, 0.3) is 0 Å². The van der Waals surface area contributed by atoms with Crippen molar-refractivity contribution in [1.29, 1.82) is 0 Å². The average Bonchev–Trinajstić information content (AvgIpc) is 2.92. The molecule has 5 nitrogen and oxygen atoms in total. The van der Waals surface area contributed by atoms with Crippen molar-refractivity contribution in [3.05, 3.63) is 43.7 Å². The van der Waals surface area contributed by atoms with Gasteiger partial charge in [0.05, 0.1) is 11.6 Å². The molecule has 0 saturated carbocycles. The lowest BCUT2D eigenvalue weighted by Gasteiger charge is -2.06. The van der Waals surface area contributed by atoms with Gasteiger partial charge in [0.2, 0.25) is 0 Å². The Bertz CT molecular complexity index is 614. The van der Waals surface area contributed by atoms with E-state index in [1.807, 2.05) is 6.92 Å². The molecule has 0 unspecified atom stereocenters. The summed E-state index contributed by atoms with van der Waals surface area (Å²) in [6.07, 6.45) is 1.71. The van der Waals surface area contributed by atoms with E-state index in [1.54, 1.807) is 22.2 Å². The van der Waals surface area contributed by atoms with E-state index in [9.17, 15) is 9.59 Å². The van der Waals surface area contributed by atoms with Crippen molar-refractivity contribution in [2.75, 3.05) is 0 Å². The number of thiazole rings is 1. The molecule has 0 spiro atoms. The van der Waals surface area contributed by atoms with Crippen LogP contribution in [-0.2, 0) is 13.1 Å². The smallest absolute Gasteiger partial charge is 0.304 e. The Morgan fingerprint density at radius 1 is 1.61 bits per heavy atom. The van der Waals surface area contributed by atoms with E-state index in [0.717, 1.165) is 11.3 Å². The monoisotopic (exact) mass is 285 g/mol. The van der Waals surface area contributed by atoms with Crippen LogP contribution in [0.4, 0.5) is 0 Å². The van der Waals surface area contributed by atoms with Crippen molar-refractivity contribution in [1.82, 2.24) is 14.9 Å². The summed E-state index contributed by atoms with van der Waals surface area (Å²) in [7, 11) is 0. The summed E-state index contributed by atoms with van der Waals surface area (Å²) in [5.74, 6) is -0.212. The Kier molecular flexibility index (Phi) is 3.88. The first-order valence-electron chi connectivity index (χ1n) is 5.40. The molecule has 0 aliphatic rings. The largest absolute Gasteiger partial charge is 0.345 e. The molecule has 0 atom stereocenters. The van der Waals surface area contributed by atoms with Crippen LogP contribution in [-0.4, -0.2) is 15.5 Å². The predicted octanol–water partition coefficient (Wildman–Crippen LogP) is 1.84. The first kappa shape index (κ1) is 12.9. The zero-order valence-electron chi connectivity index (χ0n) is 9.70. The zero-order chi connectivity index (χ0) is 13.1. The van der Waals surface area contributed by atoms with Crippen LogP contribution < -0.4 is 10.2 Å². The number of carbonyl (C=O) groups excluding carboxylic acids is 1. The summed E-state index contributed by atoms with van der Waals surface area (Å²) in [4.78, 5) is 25.4. The van der Waals surface area contributed by atoms with Crippen molar-refractivity contribution >= 4 is 28.8 Å². The van der Waals surface area contributed by atoms with Gasteiger partial charge in [-0.05, 0) is 13.0 Å². The number of amides is 1. The van der Waals surface area contributed by atoms with Crippen LogP contribution in [0, 0.1) is 0 Å². The van der Waals surface area contributed by atoms with Gasteiger partial charge >= 0.3 is 4.87 Å². The lowest BCUT2D eigenvalue weighted by atomic mass is 10.3. The maximum absolute atomic E-state index is 11.9. The highest BCUT2D eigenvalue weighted by Gasteiger charge is 2.12. The third-order valence-electron chi connectivity index (χ3n) is 2.45. The Morgan fingerprint density at radius 3 is 3.00 bits per heavy atom. The summed E-state index contributed by atoms with van der Waals surface area (Å²) in [6.45, 7) is 2.90. The van der Waals surface area contributed by atoms with E-state index >= 15 is 0 Å². The van der Waals surface area contributed by atoms with Crippen molar-refractivity contribution in [2.24, 2.45) is 0 Å². The van der Waals surface area contributed by atoms with Crippen LogP contribution in [0.2, 0.25) is 5.02 Å². The van der Waals surface area contributed by atoms with Crippen molar-refractivity contribution in [3.63, 3.8) is 0 Å². The van der Waals surface area contributed by atoms with E-state index in [1.165, 1.54) is 0 Å². The number of aryl methyl sites for hydroxylation is 1. The number of H-pyrrole nitrogens is 1. The maximum atomic E-state index is 11.9. The summed E-state index contributed by atoms with van der Waals surface area (Å²) in [5.41, 5.74) is 1.21. The van der Waals surface area contributed by atoms with Gasteiger partial charge in [-0.1, -0.05) is 22.9 Å². The molecule has 7 heteroatoms. The lowest BCUT2D eigenvalue weighted by Crippen LogP contribution is -2.25. The number of hydrogen-bond acceptors (Lipinski definition) is 3. The molecule has 1 amide bonds.